The van der Waals surface area contributed by atoms with Gasteiger partial charge in [0, 0.05) is 5.92 Å². The number of aromatic nitrogens is 2. The van der Waals surface area contributed by atoms with Gasteiger partial charge in [0.1, 0.15) is 0 Å². The van der Waals surface area contributed by atoms with Gasteiger partial charge in [0.2, 0.25) is 5.89 Å². The largest absolute Gasteiger partial charge is 0.338 e. The van der Waals surface area contributed by atoms with Crippen molar-refractivity contribution in [1.82, 2.24) is 15.5 Å². The molecule has 1 unspecified atom stereocenters. The topological polar surface area (TPSA) is 51.0 Å². The van der Waals surface area contributed by atoms with Crippen LogP contribution in [0.3, 0.4) is 0 Å². The lowest BCUT2D eigenvalue weighted by Gasteiger charge is -1.96. The lowest BCUT2D eigenvalue weighted by molar-refractivity contribution is 0.364. The molecule has 4 heteroatoms. The summed E-state index contributed by atoms with van der Waals surface area (Å²) in [7, 11) is 0. The Balaban J connectivity index is 1.91. The van der Waals surface area contributed by atoms with E-state index in [1.807, 2.05) is 0 Å². The van der Waals surface area contributed by atoms with Crippen LogP contribution in [0.2, 0.25) is 0 Å². The Kier molecular flexibility index (Phi) is 2.49. The molecule has 1 saturated carbocycles. The first-order chi connectivity index (χ1) is 7.13. The maximum atomic E-state index is 5.11. The average molecular weight is 205 g/mol. The molecule has 0 spiro atoms. The van der Waals surface area contributed by atoms with Gasteiger partial charge in [-0.15, -0.1) is 6.42 Å². The highest BCUT2D eigenvalue weighted by atomic mass is 16.5. The van der Waals surface area contributed by atoms with Gasteiger partial charge in [-0.05, 0) is 11.8 Å². The molecule has 0 radical (unpaired) electrons. The fraction of sp³-hybridized carbons (Fsp3) is 0.636. The molecule has 0 amide bonds. The Morgan fingerprint density at radius 1 is 1.67 bits per heavy atom. The van der Waals surface area contributed by atoms with Crippen molar-refractivity contribution in [3.63, 3.8) is 0 Å². The second-order valence-corrected chi connectivity index (χ2v) is 4.60. The number of hydrogen-bond donors (Lipinski definition) is 1. The third kappa shape index (κ3) is 2.18. The zero-order valence-corrected chi connectivity index (χ0v) is 9.08. The van der Waals surface area contributed by atoms with Crippen LogP contribution < -0.4 is 5.32 Å². The molecule has 0 aromatic carbocycles. The zero-order valence-electron chi connectivity index (χ0n) is 9.08. The van der Waals surface area contributed by atoms with Gasteiger partial charge < -0.3 is 4.52 Å². The third-order valence-electron chi connectivity index (χ3n) is 2.81. The Hall–Kier alpha value is -1.34. The van der Waals surface area contributed by atoms with Crippen molar-refractivity contribution in [3.8, 4) is 12.3 Å². The first-order valence-corrected chi connectivity index (χ1v) is 5.10. The Morgan fingerprint density at radius 2 is 2.40 bits per heavy atom. The summed E-state index contributed by atoms with van der Waals surface area (Å²) < 4.78 is 5.11. The molecule has 1 aliphatic rings. The van der Waals surface area contributed by atoms with Gasteiger partial charge >= 0.3 is 0 Å². The number of rotatable bonds is 4. The van der Waals surface area contributed by atoms with Gasteiger partial charge in [-0.3, -0.25) is 5.32 Å². The number of hydrogen-bond acceptors (Lipinski definition) is 4. The molecule has 0 aliphatic heterocycles. The fourth-order valence-electron chi connectivity index (χ4n) is 1.63. The maximum Gasteiger partial charge on any atom is 0.240 e. The SMILES string of the molecule is C#CCNCc1nc(C2CC2(C)C)no1. The summed E-state index contributed by atoms with van der Waals surface area (Å²) in [5, 5.41) is 6.99. The van der Waals surface area contributed by atoms with Crippen LogP contribution in [0.25, 0.3) is 0 Å². The van der Waals surface area contributed by atoms with E-state index in [0.717, 1.165) is 12.2 Å². The summed E-state index contributed by atoms with van der Waals surface area (Å²) >= 11 is 0. The van der Waals surface area contributed by atoms with Gasteiger partial charge in [0.15, 0.2) is 5.82 Å². The van der Waals surface area contributed by atoms with E-state index in [4.69, 9.17) is 10.9 Å². The fourth-order valence-corrected chi connectivity index (χ4v) is 1.63. The maximum absolute atomic E-state index is 5.11. The van der Waals surface area contributed by atoms with Crippen LogP contribution in [-0.4, -0.2) is 16.7 Å². The number of nitrogens with zero attached hydrogens (tertiary/aromatic N) is 2. The van der Waals surface area contributed by atoms with E-state index in [9.17, 15) is 0 Å². The van der Waals surface area contributed by atoms with Crippen LogP contribution >= 0.6 is 0 Å². The molecule has 1 heterocycles. The van der Waals surface area contributed by atoms with E-state index in [-0.39, 0.29) is 0 Å². The third-order valence-corrected chi connectivity index (χ3v) is 2.81. The lowest BCUT2D eigenvalue weighted by Crippen LogP contribution is -2.13. The van der Waals surface area contributed by atoms with Crippen LogP contribution in [-0.2, 0) is 6.54 Å². The highest BCUT2D eigenvalue weighted by molar-refractivity contribution is 5.14. The Bertz CT molecular complexity index is 389. The van der Waals surface area contributed by atoms with Crippen LogP contribution in [0.15, 0.2) is 4.52 Å². The minimum absolute atomic E-state index is 0.341. The Labute approximate surface area is 89.4 Å². The van der Waals surface area contributed by atoms with Gasteiger partial charge in [-0.25, -0.2) is 0 Å². The standard InChI is InChI=1S/C11H15N3O/c1-4-5-12-7-9-13-10(14-15-9)8-6-11(8,2)3/h1,8,12H,5-7H2,2-3H3. The normalized spacial score (nSPS) is 22.3. The van der Waals surface area contributed by atoms with Gasteiger partial charge in [-0.1, -0.05) is 24.9 Å². The first kappa shape index (κ1) is 10.2. The van der Waals surface area contributed by atoms with Crippen LogP contribution in [0.5, 0.6) is 0 Å². The summed E-state index contributed by atoms with van der Waals surface area (Å²) in [5.41, 5.74) is 0.341. The second-order valence-electron chi connectivity index (χ2n) is 4.60. The molecule has 1 aromatic heterocycles. The molecule has 1 fully saturated rings. The van der Waals surface area contributed by atoms with E-state index in [2.05, 4.69) is 35.2 Å². The van der Waals surface area contributed by atoms with E-state index in [1.54, 1.807) is 0 Å². The number of nitrogens with one attached hydrogen (secondary N) is 1. The summed E-state index contributed by atoms with van der Waals surface area (Å²) in [4.78, 5) is 4.33. The lowest BCUT2D eigenvalue weighted by atomic mass is 10.1. The van der Waals surface area contributed by atoms with Crippen molar-refractivity contribution in [1.29, 1.82) is 0 Å². The predicted molar refractivity (Wildman–Crippen MR) is 56.0 cm³/mol. The average Bonchev–Trinajstić information content (AvgIpc) is 2.64. The summed E-state index contributed by atoms with van der Waals surface area (Å²) in [6.07, 6.45) is 6.26. The van der Waals surface area contributed by atoms with Gasteiger partial charge in [0.25, 0.3) is 0 Å². The number of terminal acetylenes is 1. The van der Waals surface area contributed by atoms with Crippen LogP contribution in [0.1, 0.15) is 37.9 Å². The quantitative estimate of drug-likeness (QED) is 0.594. The van der Waals surface area contributed by atoms with Crippen molar-refractivity contribution in [2.24, 2.45) is 5.41 Å². The molecule has 80 valence electrons. The predicted octanol–water partition coefficient (Wildman–Crippen LogP) is 1.31. The van der Waals surface area contributed by atoms with Crippen molar-refractivity contribution in [2.75, 3.05) is 6.54 Å². The summed E-state index contributed by atoms with van der Waals surface area (Å²) in [5.74, 6) is 4.40. The van der Waals surface area contributed by atoms with Crippen molar-refractivity contribution >= 4 is 0 Å². The minimum atomic E-state index is 0.341. The van der Waals surface area contributed by atoms with E-state index < -0.39 is 0 Å². The molecule has 15 heavy (non-hydrogen) atoms. The monoisotopic (exact) mass is 205 g/mol. The first-order valence-electron chi connectivity index (χ1n) is 5.10. The van der Waals surface area contributed by atoms with Crippen molar-refractivity contribution in [3.05, 3.63) is 11.7 Å². The van der Waals surface area contributed by atoms with Crippen molar-refractivity contribution in [2.45, 2.75) is 32.7 Å². The molecule has 0 bridgehead atoms. The molecular weight excluding hydrogens is 190 g/mol. The molecule has 1 atom stereocenters. The van der Waals surface area contributed by atoms with Crippen LogP contribution in [0, 0.1) is 17.8 Å². The van der Waals surface area contributed by atoms with E-state index in [1.165, 1.54) is 0 Å². The molecule has 1 aliphatic carbocycles. The zero-order chi connectivity index (χ0) is 10.9. The van der Waals surface area contributed by atoms with E-state index >= 15 is 0 Å². The second kappa shape index (κ2) is 3.67. The minimum Gasteiger partial charge on any atom is -0.338 e. The highest BCUT2D eigenvalue weighted by Crippen LogP contribution is 2.57. The van der Waals surface area contributed by atoms with Gasteiger partial charge in [-0.2, -0.15) is 4.98 Å². The molecule has 0 saturated heterocycles. The van der Waals surface area contributed by atoms with Crippen LogP contribution in [0.4, 0.5) is 0 Å². The summed E-state index contributed by atoms with van der Waals surface area (Å²) in [6.45, 7) is 5.49. The smallest absolute Gasteiger partial charge is 0.240 e. The Morgan fingerprint density at radius 3 is 3.00 bits per heavy atom. The molecule has 4 nitrogen and oxygen atoms in total. The molecule has 1 aromatic rings. The molecular formula is C11H15N3O. The summed E-state index contributed by atoms with van der Waals surface area (Å²) in [6, 6.07) is 0. The molecule has 2 rings (SSSR count). The highest BCUT2D eigenvalue weighted by Gasteiger charge is 2.49. The van der Waals surface area contributed by atoms with Crippen molar-refractivity contribution < 1.29 is 4.52 Å². The van der Waals surface area contributed by atoms with E-state index in [0.29, 0.717) is 30.3 Å². The van der Waals surface area contributed by atoms with Gasteiger partial charge in [0.05, 0.1) is 13.1 Å². The molecule has 1 N–H and O–H groups in total.